The average Bonchev–Trinajstić information content (AvgIpc) is 1.78. The molecule has 0 N–H and O–H groups in total. The van der Waals surface area contributed by atoms with Crippen molar-refractivity contribution in [3.63, 3.8) is 0 Å². The topological polar surface area (TPSA) is 26.3 Å². The number of halogens is 6. The van der Waals surface area contributed by atoms with Crippen LogP contribution in [0.3, 0.4) is 0 Å². The van der Waals surface area contributed by atoms with E-state index >= 15 is 0 Å². The van der Waals surface area contributed by atoms with Crippen molar-refractivity contribution in [3.05, 3.63) is 0 Å². The number of alkyl halides is 6. The zero-order chi connectivity index (χ0) is 9.99. The third kappa shape index (κ3) is 4.99. The van der Waals surface area contributed by atoms with Crippen molar-refractivity contribution in [2.45, 2.75) is 12.0 Å². The molecule has 0 unspecified atom stereocenters. The number of carbonyl (C=O) groups excluding carboxylic acids is 1. The van der Waals surface area contributed by atoms with E-state index in [0.29, 0.717) is 0 Å². The van der Waals surface area contributed by atoms with Crippen molar-refractivity contribution in [1.29, 1.82) is 0 Å². The molecule has 2 nitrogen and oxygen atoms in total. The van der Waals surface area contributed by atoms with Crippen LogP contribution in [0.5, 0.6) is 0 Å². The Hall–Kier alpha value is -0.733. The van der Waals surface area contributed by atoms with Gasteiger partial charge in [0.1, 0.15) is 0 Å². The Kier molecular flexibility index (Phi) is 3.13. The predicted octanol–water partition coefficient (Wildman–Crippen LogP) is 0.696. The van der Waals surface area contributed by atoms with Crippen molar-refractivity contribution in [1.82, 2.24) is 0 Å². The molecule has 0 aromatic heterocycles. The standard InChI is InChI=1S/C3H2F6O2Si/c4-2(5,6)1(10)11-12-3(7,8)9/h12H2. The smallest absolute Gasteiger partial charge is 0.489 e. The molecule has 0 heterocycles. The summed E-state index contributed by atoms with van der Waals surface area (Å²) in [6, 6.07) is 0. The van der Waals surface area contributed by atoms with Gasteiger partial charge in [0, 0.05) is 0 Å². The van der Waals surface area contributed by atoms with Crippen LogP contribution in [0.4, 0.5) is 26.3 Å². The second kappa shape index (κ2) is 3.33. The van der Waals surface area contributed by atoms with Crippen molar-refractivity contribution < 1.29 is 35.6 Å². The molecule has 0 aliphatic heterocycles. The summed E-state index contributed by atoms with van der Waals surface area (Å²) in [5.41, 5.74) is 0. The average molecular weight is 212 g/mol. The molecule has 0 spiro atoms. The highest BCUT2D eigenvalue weighted by molar-refractivity contribution is 6.33. The fraction of sp³-hybridized carbons (Fsp3) is 0.667. The second-order valence-electron chi connectivity index (χ2n) is 1.69. The molecule has 0 saturated heterocycles. The van der Waals surface area contributed by atoms with Gasteiger partial charge in [0.25, 0.3) is 0 Å². The molecule has 0 saturated carbocycles. The van der Waals surface area contributed by atoms with E-state index in [2.05, 4.69) is 4.43 Å². The summed E-state index contributed by atoms with van der Waals surface area (Å²) in [5.74, 6) is -7.59. The van der Waals surface area contributed by atoms with E-state index < -0.39 is 27.7 Å². The first-order chi connectivity index (χ1) is 5.13. The largest absolute Gasteiger partial charge is 0.508 e. The van der Waals surface area contributed by atoms with E-state index in [9.17, 15) is 31.1 Å². The summed E-state index contributed by atoms with van der Waals surface area (Å²) in [6.07, 6.45) is -5.35. The van der Waals surface area contributed by atoms with Crippen molar-refractivity contribution in [2.24, 2.45) is 0 Å². The Morgan fingerprint density at radius 2 is 1.50 bits per heavy atom. The summed E-state index contributed by atoms with van der Waals surface area (Å²) in [4.78, 5) is 9.70. The van der Waals surface area contributed by atoms with E-state index in [4.69, 9.17) is 0 Å². The van der Waals surface area contributed by atoms with E-state index in [-0.39, 0.29) is 0 Å². The maximum atomic E-state index is 11.2. The third-order valence-electron chi connectivity index (χ3n) is 0.598. The highest BCUT2D eigenvalue weighted by atomic mass is 28.2. The molecular formula is C3H2F6O2Si. The summed E-state index contributed by atoms with van der Waals surface area (Å²) in [7, 11) is -3.45. The van der Waals surface area contributed by atoms with Gasteiger partial charge in [0.15, 0.2) is 0 Å². The van der Waals surface area contributed by atoms with Gasteiger partial charge in [-0.25, -0.2) is 4.79 Å². The highest BCUT2D eigenvalue weighted by Gasteiger charge is 2.43. The lowest BCUT2D eigenvalue weighted by Gasteiger charge is -2.08. The first-order valence-corrected chi connectivity index (χ1v) is 3.72. The van der Waals surface area contributed by atoms with E-state index in [0.717, 1.165) is 0 Å². The number of hydrogen-bond acceptors (Lipinski definition) is 2. The first kappa shape index (κ1) is 11.3. The minimum absolute atomic E-state index is 2.79. The van der Waals surface area contributed by atoms with Crippen LogP contribution in [0.15, 0.2) is 0 Å². The second-order valence-corrected chi connectivity index (χ2v) is 3.07. The van der Waals surface area contributed by atoms with Gasteiger partial charge in [-0.1, -0.05) is 0 Å². The van der Waals surface area contributed by atoms with Gasteiger partial charge in [-0.05, 0) is 0 Å². The Labute approximate surface area is 64.4 Å². The zero-order valence-corrected chi connectivity index (χ0v) is 6.71. The first-order valence-electron chi connectivity index (χ1n) is 2.43. The Bertz CT molecular complexity index is 171. The zero-order valence-electron chi connectivity index (χ0n) is 5.29. The molecule has 0 rings (SSSR count). The normalized spacial score (nSPS) is 13.8. The third-order valence-corrected chi connectivity index (χ3v) is 1.33. The van der Waals surface area contributed by atoms with E-state index in [1.54, 1.807) is 0 Å². The Morgan fingerprint density at radius 1 is 1.08 bits per heavy atom. The van der Waals surface area contributed by atoms with Crippen LogP contribution >= 0.6 is 0 Å². The molecule has 0 atom stereocenters. The number of hydrogen-bond donors (Lipinski definition) is 0. The molecule has 0 aliphatic rings. The fourth-order valence-electron chi connectivity index (χ4n) is 0.229. The van der Waals surface area contributed by atoms with Crippen LogP contribution in [-0.4, -0.2) is 27.7 Å². The maximum Gasteiger partial charge on any atom is 0.489 e. The predicted molar refractivity (Wildman–Crippen MR) is 26.7 cm³/mol. The van der Waals surface area contributed by atoms with Gasteiger partial charge >= 0.3 is 27.7 Å². The molecule has 0 fully saturated rings. The van der Waals surface area contributed by atoms with Crippen LogP contribution in [0.1, 0.15) is 0 Å². The summed E-state index contributed by atoms with van der Waals surface area (Å²) >= 11 is 0. The minimum atomic E-state index is -5.35. The van der Waals surface area contributed by atoms with Crippen LogP contribution in [0.2, 0.25) is 0 Å². The molecule has 12 heavy (non-hydrogen) atoms. The Morgan fingerprint density at radius 3 is 1.75 bits per heavy atom. The van der Waals surface area contributed by atoms with Crippen molar-refractivity contribution >= 4 is 15.7 Å². The molecule has 72 valence electrons. The highest BCUT2D eigenvalue weighted by Crippen LogP contribution is 2.18. The van der Waals surface area contributed by atoms with Crippen LogP contribution in [-0.2, 0) is 9.22 Å². The molecule has 0 bridgehead atoms. The van der Waals surface area contributed by atoms with Crippen molar-refractivity contribution in [2.75, 3.05) is 0 Å². The van der Waals surface area contributed by atoms with Gasteiger partial charge in [0.2, 0.25) is 0 Å². The maximum absolute atomic E-state index is 11.2. The summed E-state index contributed by atoms with van der Waals surface area (Å²) in [5, 5.41) is 0. The lowest BCUT2D eigenvalue weighted by atomic mass is 10.7. The van der Waals surface area contributed by atoms with Gasteiger partial charge < -0.3 is 4.43 Å². The molecule has 0 amide bonds. The van der Waals surface area contributed by atoms with E-state index in [1.165, 1.54) is 0 Å². The molecule has 0 aromatic rings. The minimum Gasteiger partial charge on any atom is -0.508 e. The lowest BCUT2D eigenvalue weighted by Crippen LogP contribution is -2.32. The molecule has 0 aliphatic carbocycles. The van der Waals surface area contributed by atoms with Gasteiger partial charge in [-0.15, -0.1) is 0 Å². The van der Waals surface area contributed by atoms with Crippen LogP contribution in [0.25, 0.3) is 0 Å². The lowest BCUT2D eigenvalue weighted by molar-refractivity contribution is -0.191. The molecule has 9 heteroatoms. The van der Waals surface area contributed by atoms with Crippen LogP contribution < -0.4 is 0 Å². The van der Waals surface area contributed by atoms with Crippen molar-refractivity contribution in [3.8, 4) is 0 Å². The SMILES string of the molecule is O=C(O[SiH2]C(F)(F)F)C(F)(F)F. The summed E-state index contributed by atoms with van der Waals surface area (Å²) < 4.78 is 70.3. The Balaban J connectivity index is 3.90. The quantitative estimate of drug-likeness (QED) is 0.472. The molecule has 0 aromatic carbocycles. The monoisotopic (exact) mass is 212 g/mol. The fourth-order valence-corrected chi connectivity index (χ4v) is 0.688. The van der Waals surface area contributed by atoms with Gasteiger partial charge in [-0.3, -0.25) is 0 Å². The van der Waals surface area contributed by atoms with Gasteiger partial charge in [0.05, 0.1) is 0 Å². The number of rotatable bonds is 1. The molecule has 0 radical (unpaired) electrons. The summed E-state index contributed by atoms with van der Waals surface area (Å²) in [6.45, 7) is 0. The number of carbonyl (C=O) groups is 1. The van der Waals surface area contributed by atoms with Gasteiger partial charge in [-0.2, -0.15) is 26.3 Å². The van der Waals surface area contributed by atoms with Crippen LogP contribution in [0, 0.1) is 0 Å². The molecular weight excluding hydrogens is 210 g/mol. The van der Waals surface area contributed by atoms with E-state index in [1.807, 2.05) is 0 Å².